The Morgan fingerprint density at radius 2 is 1.85 bits per heavy atom. The highest BCUT2D eigenvalue weighted by atomic mass is 32.2. The molecule has 1 unspecified atom stereocenters. The van der Waals surface area contributed by atoms with E-state index in [4.69, 9.17) is 0 Å². The van der Waals surface area contributed by atoms with Crippen molar-refractivity contribution in [1.29, 1.82) is 5.26 Å². The molecule has 1 heterocycles. The molecule has 2 aromatic carbocycles. The molecule has 0 saturated carbocycles. The number of rotatable bonds is 7. The Morgan fingerprint density at radius 1 is 1.18 bits per heavy atom. The number of amides is 2. The fraction of sp³-hybridized carbons (Fsp3) is 0.375. The summed E-state index contributed by atoms with van der Waals surface area (Å²) in [4.78, 5) is 27.2. The number of halogens is 1. The Hall–Kier alpha value is -3.25. The molecule has 0 bridgehead atoms. The van der Waals surface area contributed by atoms with Crippen molar-refractivity contribution in [3.63, 3.8) is 0 Å². The van der Waals surface area contributed by atoms with Gasteiger partial charge in [-0.25, -0.2) is 4.39 Å². The highest BCUT2D eigenvalue weighted by molar-refractivity contribution is 7.84. The number of nitrogens with zero attached hydrogens (tertiary/aromatic N) is 2. The number of piperidine rings is 1. The minimum absolute atomic E-state index is 0.0774. The molecule has 0 radical (unpaired) electrons. The molecule has 1 aliphatic rings. The number of hydrogen-bond donors (Lipinski definition) is 2. The highest BCUT2D eigenvalue weighted by Crippen LogP contribution is 2.27. The SMILES string of the molecule is CCc1ccc(F)c(C(=O)NCC(=O)N2CCC(C#N)(Nc3ccc(S(C)=O)cc3)CC2)c1. The van der Waals surface area contributed by atoms with Crippen LogP contribution in [-0.2, 0) is 22.0 Å². The smallest absolute Gasteiger partial charge is 0.254 e. The Balaban J connectivity index is 1.55. The second kappa shape index (κ2) is 10.6. The lowest BCUT2D eigenvalue weighted by Crippen LogP contribution is -2.51. The summed E-state index contributed by atoms with van der Waals surface area (Å²) in [5.41, 5.74) is 0.679. The standard InChI is InChI=1S/C24H27FN4O3S/c1-3-17-4-9-21(25)20(14-17)23(31)27-15-22(30)29-12-10-24(16-26,11-13-29)28-18-5-7-19(8-6-18)33(2)32/h4-9,14,28H,3,10-13,15H2,1-2H3,(H,27,31). The molecular weight excluding hydrogens is 443 g/mol. The summed E-state index contributed by atoms with van der Waals surface area (Å²) in [6, 6.07) is 13.8. The number of carbonyl (C=O) groups excluding carboxylic acids is 2. The third-order valence-corrected chi connectivity index (χ3v) is 6.77. The van der Waals surface area contributed by atoms with Gasteiger partial charge in [0.15, 0.2) is 0 Å². The van der Waals surface area contributed by atoms with E-state index in [2.05, 4.69) is 16.7 Å². The minimum atomic E-state index is -1.08. The third kappa shape index (κ3) is 5.96. The quantitative estimate of drug-likeness (QED) is 0.648. The molecule has 0 aromatic heterocycles. The molecule has 33 heavy (non-hydrogen) atoms. The normalized spacial score (nSPS) is 15.9. The molecule has 3 rings (SSSR count). The second-order valence-electron chi connectivity index (χ2n) is 8.03. The predicted molar refractivity (Wildman–Crippen MR) is 125 cm³/mol. The highest BCUT2D eigenvalue weighted by Gasteiger charge is 2.36. The van der Waals surface area contributed by atoms with Gasteiger partial charge < -0.3 is 15.5 Å². The van der Waals surface area contributed by atoms with Crippen LogP contribution in [0.25, 0.3) is 0 Å². The summed E-state index contributed by atoms with van der Waals surface area (Å²) >= 11 is 0. The molecule has 2 N–H and O–H groups in total. The predicted octanol–water partition coefficient (Wildman–Crippen LogP) is 2.85. The molecule has 1 saturated heterocycles. The summed E-state index contributed by atoms with van der Waals surface area (Å²) in [6.45, 7) is 2.38. The molecule has 2 amide bonds. The maximum Gasteiger partial charge on any atom is 0.254 e. The first kappa shape index (κ1) is 24.4. The number of nitrogens with one attached hydrogen (secondary N) is 2. The van der Waals surface area contributed by atoms with Gasteiger partial charge in [0, 0.05) is 53.6 Å². The Labute approximate surface area is 195 Å². The van der Waals surface area contributed by atoms with Crippen LogP contribution in [0.3, 0.4) is 0 Å². The van der Waals surface area contributed by atoms with Crippen LogP contribution in [0, 0.1) is 17.1 Å². The van der Waals surface area contributed by atoms with Crippen LogP contribution in [0.1, 0.15) is 35.7 Å². The van der Waals surface area contributed by atoms with E-state index >= 15 is 0 Å². The molecule has 2 aromatic rings. The Bertz CT molecular complexity index is 1090. The van der Waals surface area contributed by atoms with Gasteiger partial charge in [-0.05, 0) is 48.4 Å². The molecule has 7 nitrogen and oxygen atoms in total. The van der Waals surface area contributed by atoms with Crippen LogP contribution in [0.5, 0.6) is 0 Å². The molecule has 174 valence electrons. The third-order valence-electron chi connectivity index (χ3n) is 5.84. The average Bonchev–Trinajstić information content (AvgIpc) is 2.83. The molecule has 9 heteroatoms. The number of nitriles is 1. The monoisotopic (exact) mass is 470 g/mol. The van der Waals surface area contributed by atoms with Crippen molar-refractivity contribution in [3.05, 3.63) is 59.4 Å². The molecule has 1 atom stereocenters. The topological polar surface area (TPSA) is 102 Å². The van der Waals surface area contributed by atoms with Crippen molar-refractivity contribution in [1.82, 2.24) is 10.2 Å². The lowest BCUT2D eigenvalue weighted by molar-refractivity contribution is -0.131. The van der Waals surface area contributed by atoms with E-state index in [1.54, 1.807) is 41.5 Å². The van der Waals surface area contributed by atoms with Crippen molar-refractivity contribution in [2.45, 2.75) is 36.6 Å². The van der Waals surface area contributed by atoms with Crippen LogP contribution in [-0.4, -0.2) is 52.4 Å². The van der Waals surface area contributed by atoms with Crippen LogP contribution in [0.2, 0.25) is 0 Å². The summed E-state index contributed by atoms with van der Waals surface area (Å²) in [6.07, 6.45) is 3.10. The summed E-state index contributed by atoms with van der Waals surface area (Å²) < 4.78 is 25.5. The van der Waals surface area contributed by atoms with Crippen LogP contribution in [0.15, 0.2) is 47.4 Å². The van der Waals surface area contributed by atoms with Gasteiger partial charge in [-0.1, -0.05) is 13.0 Å². The lowest BCUT2D eigenvalue weighted by Gasteiger charge is -2.38. The minimum Gasteiger partial charge on any atom is -0.367 e. The zero-order chi connectivity index (χ0) is 24.0. The number of carbonyl (C=O) groups is 2. The fourth-order valence-electron chi connectivity index (χ4n) is 3.74. The van der Waals surface area contributed by atoms with E-state index < -0.39 is 28.1 Å². The van der Waals surface area contributed by atoms with Gasteiger partial charge in [0.05, 0.1) is 18.2 Å². The molecule has 0 spiro atoms. The summed E-state index contributed by atoms with van der Waals surface area (Å²) in [7, 11) is -1.08. The zero-order valence-corrected chi connectivity index (χ0v) is 19.5. The average molecular weight is 471 g/mol. The summed E-state index contributed by atoms with van der Waals surface area (Å²) in [5, 5.41) is 15.5. The molecular formula is C24H27FN4O3S. The van der Waals surface area contributed by atoms with Gasteiger partial charge in [0.1, 0.15) is 11.4 Å². The number of aryl methyl sites for hydroxylation is 1. The van der Waals surface area contributed by atoms with Crippen molar-refractivity contribution >= 4 is 28.3 Å². The maximum absolute atomic E-state index is 14.0. The van der Waals surface area contributed by atoms with Crippen molar-refractivity contribution in [2.75, 3.05) is 31.2 Å². The van der Waals surface area contributed by atoms with E-state index in [1.165, 1.54) is 12.1 Å². The molecule has 1 fully saturated rings. The van der Waals surface area contributed by atoms with Gasteiger partial charge in [-0.15, -0.1) is 0 Å². The van der Waals surface area contributed by atoms with E-state index in [-0.39, 0.29) is 18.0 Å². The molecule has 1 aliphatic heterocycles. The van der Waals surface area contributed by atoms with Crippen molar-refractivity contribution in [2.24, 2.45) is 0 Å². The first-order valence-electron chi connectivity index (χ1n) is 10.7. The lowest BCUT2D eigenvalue weighted by atomic mass is 9.88. The zero-order valence-electron chi connectivity index (χ0n) is 18.7. The number of likely N-dealkylation sites (tertiary alicyclic amines) is 1. The fourth-order valence-corrected chi connectivity index (χ4v) is 4.26. The van der Waals surface area contributed by atoms with Crippen LogP contribution < -0.4 is 10.6 Å². The Morgan fingerprint density at radius 3 is 2.42 bits per heavy atom. The first-order chi connectivity index (χ1) is 15.8. The van der Waals surface area contributed by atoms with E-state index in [0.29, 0.717) is 37.2 Å². The van der Waals surface area contributed by atoms with Crippen molar-refractivity contribution in [3.8, 4) is 6.07 Å². The Kier molecular flexibility index (Phi) is 7.82. The van der Waals surface area contributed by atoms with Gasteiger partial charge in [0.25, 0.3) is 5.91 Å². The van der Waals surface area contributed by atoms with Crippen molar-refractivity contribution < 1.29 is 18.2 Å². The van der Waals surface area contributed by atoms with Gasteiger partial charge >= 0.3 is 0 Å². The van der Waals surface area contributed by atoms with Gasteiger partial charge in [0.2, 0.25) is 5.91 Å². The number of anilines is 1. The van der Waals surface area contributed by atoms with Gasteiger partial charge in [-0.3, -0.25) is 13.8 Å². The van der Waals surface area contributed by atoms with Crippen LogP contribution >= 0.6 is 0 Å². The molecule has 0 aliphatic carbocycles. The number of benzene rings is 2. The van der Waals surface area contributed by atoms with Crippen LogP contribution in [0.4, 0.5) is 10.1 Å². The van der Waals surface area contributed by atoms with E-state index in [0.717, 1.165) is 11.3 Å². The second-order valence-corrected chi connectivity index (χ2v) is 9.41. The summed E-state index contributed by atoms with van der Waals surface area (Å²) in [5.74, 6) is -1.53. The van der Waals surface area contributed by atoms with E-state index in [1.807, 2.05) is 6.92 Å². The number of hydrogen-bond acceptors (Lipinski definition) is 5. The van der Waals surface area contributed by atoms with Gasteiger partial charge in [-0.2, -0.15) is 5.26 Å². The van der Waals surface area contributed by atoms with E-state index in [9.17, 15) is 23.5 Å². The largest absolute Gasteiger partial charge is 0.367 e. The first-order valence-corrected chi connectivity index (χ1v) is 12.3. The maximum atomic E-state index is 14.0.